The standard InChI is InChI=1S/C12H14F3NO3/c1-3-7(2)18-11(17)8-4-5-10(9(16)6-8)19-12(13,14)15/h4-7H,3,16H2,1-2H3. The lowest BCUT2D eigenvalue weighted by Gasteiger charge is -2.13. The number of ether oxygens (including phenoxy) is 2. The number of anilines is 1. The molecule has 0 radical (unpaired) electrons. The van der Waals surface area contributed by atoms with Crippen LogP contribution in [0.4, 0.5) is 18.9 Å². The van der Waals surface area contributed by atoms with Crippen molar-refractivity contribution >= 4 is 11.7 Å². The Morgan fingerprint density at radius 1 is 1.42 bits per heavy atom. The molecule has 1 aromatic carbocycles. The molecule has 0 heterocycles. The summed E-state index contributed by atoms with van der Waals surface area (Å²) in [5, 5.41) is 0. The summed E-state index contributed by atoms with van der Waals surface area (Å²) in [6.45, 7) is 3.55. The number of alkyl halides is 3. The first-order valence-corrected chi connectivity index (χ1v) is 5.59. The normalized spacial score (nSPS) is 12.9. The Morgan fingerprint density at radius 2 is 2.05 bits per heavy atom. The molecule has 0 aliphatic heterocycles. The first-order chi connectivity index (χ1) is 8.73. The number of hydrogen-bond acceptors (Lipinski definition) is 4. The summed E-state index contributed by atoms with van der Waals surface area (Å²) < 4.78 is 44.8. The fourth-order valence-corrected chi connectivity index (χ4v) is 1.23. The van der Waals surface area contributed by atoms with Crippen molar-refractivity contribution in [1.82, 2.24) is 0 Å². The zero-order chi connectivity index (χ0) is 14.6. The molecular formula is C12H14F3NO3. The molecular weight excluding hydrogens is 263 g/mol. The highest BCUT2D eigenvalue weighted by molar-refractivity contribution is 5.91. The molecule has 4 nitrogen and oxygen atoms in total. The molecule has 0 amide bonds. The lowest BCUT2D eigenvalue weighted by atomic mass is 10.2. The van der Waals surface area contributed by atoms with Gasteiger partial charge in [-0.2, -0.15) is 0 Å². The Kier molecular flexibility index (Phi) is 4.63. The highest BCUT2D eigenvalue weighted by Crippen LogP contribution is 2.29. The largest absolute Gasteiger partial charge is 0.573 e. The summed E-state index contributed by atoms with van der Waals surface area (Å²) in [5.74, 6) is -1.19. The van der Waals surface area contributed by atoms with Crippen molar-refractivity contribution in [3.8, 4) is 5.75 Å². The van der Waals surface area contributed by atoms with Gasteiger partial charge in [0.2, 0.25) is 0 Å². The van der Waals surface area contributed by atoms with Crippen LogP contribution in [0, 0.1) is 0 Å². The van der Waals surface area contributed by atoms with E-state index in [4.69, 9.17) is 10.5 Å². The molecule has 0 aliphatic carbocycles. The average Bonchev–Trinajstić information content (AvgIpc) is 2.29. The maximum atomic E-state index is 12.0. The number of rotatable bonds is 4. The third-order valence-corrected chi connectivity index (χ3v) is 2.35. The number of nitrogens with two attached hydrogens (primary N) is 1. The van der Waals surface area contributed by atoms with Crippen molar-refractivity contribution in [3.63, 3.8) is 0 Å². The van der Waals surface area contributed by atoms with Gasteiger partial charge in [-0.3, -0.25) is 0 Å². The topological polar surface area (TPSA) is 61.5 Å². The Balaban J connectivity index is 2.85. The van der Waals surface area contributed by atoms with Crippen molar-refractivity contribution in [3.05, 3.63) is 23.8 Å². The highest BCUT2D eigenvalue weighted by Gasteiger charge is 2.32. The molecule has 0 aromatic heterocycles. The second-order valence-electron chi connectivity index (χ2n) is 3.92. The zero-order valence-electron chi connectivity index (χ0n) is 10.5. The van der Waals surface area contributed by atoms with Crippen molar-refractivity contribution in [1.29, 1.82) is 0 Å². The number of nitrogen functional groups attached to an aromatic ring is 1. The number of esters is 1. The van der Waals surface area contributed by atoms with Crippen LogP contribution in [0.1, 0.15) is 30.6 Å². The predicted octanol–water partition coefficient (Wildman–Crippen LogP) is 3.12. The van der Waals surface area contributed by atoms with Crippen LogP contribution in [-0.2, 0) is 4.74 Å². The number of carbonyl (C=O) groups excluding carboxylic acids is 1. The Labute approximate surface area is 108 Å². The van der Waals surface area contributed by atoms with E-state index in [0.717, 1.165) is 12.1 Å². The van der Waals surface area contributed by atoms with Gasteiger partial charge in [-0.1, -0.05) is 6.92 Å². The van der Waals surface area contributed by atoms with Crippen molar-refractivity contribution < 1.29 is 27.4 Å². The van der Waals surface area contributed by atoms with E-state index in [2.05, 4.69) is 4.74 Å². The molecule has 0 spiro atoms. The maximum Gasteiger partial charge on any atom is 0.573 e. The van der Waals surface area contributed by atoms with Gasteiger partial charge >= 0.3 is 12.3 Å². The van der Waals surface area contributed by atoms with Gasteiger partial charge in [-0.05, 0) is 31.5 Å². The fraction of sp³-hybridized carbons (Fsp3) is 0.417. The third kappa shape index (κ3) is 4.69. The highest BCUT2D eigenvalue weighted by atomic mass is 19.4. The Hall–Kier alpha value is -1.92. The van der Waals surface area contributed by atoms with Gasteiger partial charge in [0, 0.05) is 0 Å². The lowest BCUT2D eigenvalue weighted by Crippen LogP contribution is -2.18. The van der Waals surface area contributed by atoms with E-state index in [1.54, 1.807) is 6.92 Å². The van der Waals surface area contributed by atoms with Crippen LogP contribution in [0.3, 0.4) is 0 Å². The van der Waals surface area contributed by atoms with Crippen LogP contribution < -0.4 is 10.5 Å². The summed E-state index contributed by atoms with van der Waals surface area (Å²) in [5.41, 5.74) is 5.19. The van der Waals surface area contributed by atoms with Crippen molar-refractivity contribution in [2.75, 3.05) is 5.73 Å². The van der Waals surface area contributed by atoms with Crippen LogP contribution in [0.25, 0.3) is 0 Å². The maximum absolute atomic E-state index is 12.0. The molecule has 0 fully saturated rings. The summed E-state index contributed by atoms with van der Waals surface area (Å²) in [4.78, 5) is 11.6. The van der Waals surface area contributed by atoms with Crippen LogP contribution in [0.2, 0.25) is 0 Å². The first-order valence-electron chi connectivity index (χ1n) is 5.59. The molecule has 0 saturated heterocycles. The quantitative estimate of drug-likeness (QED) is 0.678. The van der Waals surface area contributed by atoms with E-state index in [1.165, 1.54) is 6.07 Å². The molecule has 1 unspecified atom stereocenters. The molecule has 0 bridgehead atoms. The Bertz CT molecular complexity index is 460. The van der Waals surface area contributed by atoms with Gasteiger partial charge in [-0.25, -0.2) is 4.79 Å². The van der Waals surface area contributed by atoms with E-state index in [-0.39, 0.29) is 17.4 Å². The van der Waals surface area contributed by atoms with Crippen LogP contribution in [0.15, 0.2) is 18.2 Å². The zero-order valence-corrected chi connectivity index (χ0v) is 10.5. The van der Waals surface area contributed by atoms with Gasteiger partial charge in [-0.15, -0.1) is 13.2 Å². The predicted molar refractivity (Wildman–Crippen MR) is 62.7 cm³/mol. The Morgan fingerprint density at radius 3 is 2.53 bits per heavy atom. The average molecular weight is 277 g/mol. The van der Waals surface area contributed by atoms with E-state index in [1.807, 2.05) is 6.92 Å². The molecule has 7 heteroatoms. The molecule has 1 atom stereocenters. The van der Waals surface area contributed by atoms with E-state index < -0.39 is 18.1 Å². The van der Waals surface area contributed by atoms with Crippen molar-refractivity contribution in [2.24, 2.45) is 0 Å². The second kappa shape index (κ2) is 5.81. The monoisotopic (exact) mass is 277 g/mol. The minimum absolute atomic E-state index is 0.0762. The number of carbonyl (C=O) groups is 1. The third-order valence-electron chi connectivity index (χ3n) is 2.35. The van der Waals surface area contributed by atoms with E-state index in [9.17, 15) is 18.0 Å². The van der Waals surface area contributed by atoms with Gasteiger partial charge in [0.1, 0.15) is 0 Å². The molecule has 1 aromatic rings. The van der Waals surface area contributed by atoms with E-state index >= 15 is 0 Å². The van der Waals surface area contributed by atoms with Crippen LogP contribution in [0.5, 0.6) is 5.75 Å². The summed E-state index contributed by atoms with van der Waals surface area (Å²) in [7, 11) is 0. The molecule has 0 aliphatic rings. The SMILES string of the molecule is CCC(C)OC(=O)c1ccc(OC(F)(F)F)c(N)c1. The molecule has 19 heavy (non-hydrogen) atoms. The molecule has 0 saturated carbocycles. The number of hydrogen-bond donors (Lipinski definition) is 1. The van der Waals surface area contributed by atoms with Gasteiger partial charge in [0.15, 0.2) is 5.75 Å². The van der Waals surface area contributed by atoms with Gasteiger partial charge < -0.3 is 15.2 Å². The van der Waals surface area contributed by atoms with E-state index in [0.29, 0.717) is 6.42 Å². The number of benzene rings is 1. The second-order valence-corrected chi connectivity index (χ2v) is 3.92. The summed E-state index contributed by atoms with van der Waals surface area (Å²) in [6.07, 6.45) is -4.47. The molecule has 2 N–H and O–H groups in total. The van der Waals surface area contributed by atoms with Gasteiger partial charge in [0.25, 0.3) is 0 Å². The fourth-order valence-electron chi connectivity index (χ4n) is 1.23. The smallest absolute Gasteiger partial charge is 0.459 e. The lowest BCUT2D eigenvalue weighted by molar-refractivity contribution is -0.274. The van der Waals surface area contributed by atoms with Crippen LogP contribution >= 0.6 is 0 Å². The van der Waals surface area contributed by atoms with Crippen LogP contribution in [-0.4, -0.2) is 18.4 Å². The molecule has 106 valence electrons. The van der Waals surface area contributed by atoms with Gasteiger partial charge in [0.05, 0.1) is 17.4 Å². The first kappa shape index (κ1) is 15.1. The minimum Gasteiger partial charge on any atom is -0.459 e. The molecule has 1 rings (SSSR count). The van der Waals surface area contributed by atoms with Crippen molar-refractivity contribution in [2.45, 2.75) is 32.7 Å². The summed E-state index contributed by atoms with van der Waals surface area (Å²) >= 11 is 0. The number of halogens is 3. The summed E-state index contributed by atoms with van der Waals surface area (Å²) in [6, 6.07) is 3.24. The minimum atomic E-state index is -4.83.